The zero-order valence-electron chi connectivity index (χ0n) is 11.7. The summed E-state index contributed by atoms with van der Waals surface area (Å²) in [6.07, 6.45) is 0. The Labute approximate surface area is 127 Å². The Balaban J connectivity index is 2.07. The lowest BCUT2D eigenvalue weighted by Gasteiger charge is -2.22. The van der Waals surface area contributed by atoms with Crippen molar-refractivity contribution in [2.75, 3.05) is 18.4 Å². The second-order valence-corrected chi connectivity index (χ2v) is 6.45. The number of hydrogen-bond acceptors (Lipinski definition) is 4. The highest BCUT2D eigenvalue weighted by atomic mass is 79.9. The molecule has 1 aromatic heterocycles. The first-order chi connectivity index (χ1) is 9.50. The Morgan fingerprint density at radius 2 is 2.00 bits per heavy atom. The molecule has 3 N–H and O–H groups in total. The first kappa shape index (κ1) is 14.9. The fourth-order valence-corrected chi connectivity index (χ4v) is 2.03. The Morgan fingerprint density at radius 1 is 1.20 bits per heavy atom. The van der Waals surface area contributed by atoms with Gasteiger partial charge in [-0.25, -0.2) is 0 Å². The molecule has 2 rings (SSSR count). The molecular weight excluding hydrogens is 316 g/mol. The van der Waals surface area contributed by atoms with E-state index in [0.717, 1.165) is 28.1 Å². The standard InChI is InChI=1S/C15H19BrN4/c1-15(2,9-17)10-18-14-7-6-13(19-20-14)11-4-3-5-12(16)8-11/h3-8H,9-10,17H2,1-2H3,(H,18,20). The third-order valence-electron chi connectivity index (χ3n) is 3.09. The van der Waals surface area contributed by atoms with Gasteiger partial charge in [-0.05, 0) is 36.2 Å². The molecule has 106 valence electrons. The highest BCUT2D eigenvalue weighted by Gasteiger charge is 2.15. The van der Waals surface area contributed by atoms with Crippen LogP contribution < -0.4 is 11.1 Å². The van der Waals surface area contributed by atoms with Crippen molar-refractivity contribution in [1.82, 2.24) is 10.2 Å². The van der Waals surface area contributed by atoms with Crippen LogP contribution in [0.5, 0.6) is 0 Å². The lowest BCUT2D eigenvalue weighted by atomic mass is 9.94. The van der Waals surface area contributed by atoms with Gasteiger partial charge in [0.05, 0.1) is 5.69 Å². The van der Waals surface area contributed by atoms with Gasteiger partial charge in [-0.15, -0.1) is 10.2 Å². The molecule has 1 heterocycles. The molecule has 20 heavy (non-hydrogen) atoms. The van der Waals surface area contributed by atoms with E-state index >= 15 is 0 Å². The Hall–Kier alpha value is -1.46. The van der Waals surface area contributed by atoms with E-state index in [2.05, 4.69) is 45.3 Å². The highest BCUT2D eigenvalue weighted by molar-refractivity contribution is 9.10. The topological polar surface area (TPSA) is 63.8 Å². The number of nitrogens with zero attached hydrogens (tertiary/aromatic N) is 2. The number of hydrogen-bond donors (Lipinski definition) is 2. The molecule has 0 spiro atoms. The number of anilines is 1. The molecular formula is C15H19BrN4. The second kappa shape index (κ2) is 6.33. The van der Waals surface area contributed by atoms with E-state index in [0.29, 0.717) is 6.54 Å². The predicted molar refractivity (Wildman–Crippen MR) is 86.5 cm³/mol. The van der Waals surface area contributed by atoms with Gasteiger partial charge in [0.1, 0.15) is 5.82 Å². The van der Waals surface area contributed by atoms with Gasteiger partial charge in [0.25, 0.3) is 0 Å². The van der Waals surface area contributed by atoms with E-state index in [9.17, 15) is 0 Å². The second-order valence-electron chi connectivity index (χ2n) is 5.54. The van der Waals surface area contributed by atoms with Crippen molar-refractivity contribution in [1.29, 1.82) is 0 Å². The van der Waals surface area contributed by atoms with Crippen molar-refractivity contribution in [2.24, 2.45) is 11.1 Å². The monoisotopic (exact) mass is 334 g/mol. The van der Waals surface area contributed by atoms with E-state index in [4.69, 9.17) is 5.73 Å². The van der Waals surface area contributed by atoms with Crippen LogP contribution in [0, 0.1) is 5.41 Å². The van der Waals surface area contributed by atoms with E-state index in [1.54, 1.807) is 0 Å². The summed E-state index contributed by atoms with van der Waals surface area (Å²) in [6, 6.07) is 11.9. The highest BCUT2D eigenvalue weighted by Crippen LogP contribution is 2.21. The zero-order valence-corrected chi connectivity index (χ0v) is 13.3. The summed E-state index contributed by atoms with van der Waals surface area (Å²) in [5.41, 5.74) is 7.65. The van der Waals surface area contributed by atoms with Gasteiger partial charge in [0.2, 0.25) is 0 Å². The summed E-state index contributed by atoms with van der Waals surface area (Å²) in [6.45, 7) is 5.63. The molecule has 1 aromatic carbocycles. The Kier molecular flexibility index (Phi) is 4.73. The SMILES string of the molecule is CC(C)(CN)CNc1ccc(-c2cccc(Br)c2)nn1. The maximum Gasteiger partial charge on any atom is 0.148 e. The Bertz CT molecular complexity index is 566. The van der Waals surface area contributed by atoms with Crippen molar-refractivity contribution >= 4 is 21.7 Å². The first-order valence-corrected chi connectivity index (χ1v) is 7.33. The van der Waals surface area contributed by atoms with Crippen molar-refractivity contribution < 1.29 is 0 Å². The van der Waals surface area contributed by atoms with Gasteiger partial charge in [-0.1, -0.05) is 41.9 Å². The van der Waals surface area contributed by atoms with Crippen molar-refractivity contribution in [2.45, 2.75) is 13.8 Å². The van der Waals surface area contributed by atoms with Crippen molar-refractivity contribution in [3.05, 3.63) is 40.9 Å². The summed E-state index contributed by atoms with van der Waals surface area (Å²) >= 11 is 3.46. The van der Waals surface area contributed by atoms with E-state index in [1.807, 2.05) is 36.4 Å². The smallest absolute Gasteiger partial charge is 0.148 e. The zero-order chi connectivity index (χ0) is 14.6. The van der Waals surface area contributed by atoms with Crippen LogP contribution in [0.15, 0.2) is 40.9 Å². The molecule has 0 saturated carbocycles. The fourth-order valence-electron chi connectivity index (χ4n) is 1.63. The minimum Gasteiger partial charge on any atom is -0.368 e. The summed E-state index contributed by atoms with van der Waals surface area (Å²) in [5.74, 6) is 0.769. The molecule has 0 aliphatic rings. The van der Waals surface area contributed by atoms with E-state index < -0.39 is 0 Å². The molecule has 0 atom stereocenters. The van der Waals surface area contributed by atoms with Gasteiger partial charge in [0, 0.05) is 16.6 Å². The molecule has 5 heteroatoms. The summed E-state index contributed by atoms with van der Waals surface area (Å²) in [7, 11) is 0. The summed E-state index contributed by atoms with van der Waals surface area (Å²) in [4.78, 5) is 0. The number of benzene rings is 1. The largest absolute Gasteiger partial charge is 0.368 e. The minimum atomic E-state index is 0.0463. The van der Waals surface area contributed by atoms with Crippen LogP contribution in [-0.2, 0) is 0 Å². The number of halogens is 1. The van der Waals surface area contributed by atoms with Gasteiger partial charge >= 0.3 is 0 Å². The number of nitrogens with two attached hydrogens (primary N) is 1. The normalized spacial score (nSPS) is 11.4. The van der Waals surface area contributed by atoms with Crippen LogP contribution in [0.1, 0.15) is 13.8 Å². The summed E-state index contributed by atoms with van der Waals surface area (Å²) < 4.78 is 1.03. The average Bonchev–Trinajstić information content (AvgIpc) is 2.46. The van der Waals surface area contributed by atoms with Crippen molar-refractivity contribution in [3.63, 3.8) is 0 Å². The third kappa shape index (κ3) is 4.02. The Morgan fingerprint density at radius 3 is 2.60 bits per heavy atom. The van der Waals surface area contributed by atoms with Gasteiger partial charge < -0.3 is 11.1 Å². The fraction of sp³-hybridized carbons (Fsp3) is 0.333. The maximum atomic E-state index is 5.70. The average molecular weight is 335 g/mol. The predicted octanol–water partition coefficient (Wildman–Crippen LogP) is 3.30. The maximum absolute atomic E-state index is 5.70. The van der Waals surface area contributed by atoms with Gasteiger partial charge in [0.15, 0.2) is 0 Å². The van der Waals surface area contributed by atoms with Crippen LogP contribution in [-0.4, -0.2) is 23.3 Å². The van der Waals surface area contributed by atoms with E-state index in [-0.39, 0.29) is 5.41 Å². The van der Waals surface area contributed by atoms with E-state index in [1.165, 1.54) is 0 Å². The molecule has 0 saturated heterocycles. The number of rotatable bonds is 5. The molecule has 0 aliphatic carbocycles. The minimum absolute atomic E-state index is 0.0463. The van der Waals surface area contributed by atoms with Crippen LogP contribution in [0.3, 0.4) is 0 Å². The van der Waals surface area contributed by atoms with Crippen LogP contribution in [0.2, 0.25) is 0 Å². The lowest BCUT2D eigenvalue weighted by molar-refractivity contribution is 0.405. The molecule has 0 aliphatic heterocycles. The quantitative estimate of drug-likeness (QED) is 0.880. The van der Waals surface area contributed by atoms with Gasteiger partial charge in [-0.2, -0.15) is 0 Å². The van der Waals surface area contributed by atoms with Crippen molar-refractivity contribution in [3.8, 4) is 11.3 Å². The molecule has 4 nitrogen and oxygen atoms in total. The van der Waals surface area contributed by atoms with Gasteiger partial charge in [-0.3, -0.25) is 0 Å². The summed E-state index contributed by atoms with van der Waals surface area (Å²) in [5, 5.41) is 11.7. The number of aromatic nitrogens is 2. The van der Waals surface area contributed by atoms with Crippen LogP contribution >= 0.6 is 15.9 Å². The molecule has 2 aromatic rings. The molecule has 0 radical (unpaired) electrons. The molecule has 0 unspecified atom stereocenters. The number of nitrogens with one attached hydrogen (secondary N) is 1. The van der Waals surface area contributed by atoms with Crippen LogP contribution in [0.4, 0.5) is 5.82 Å². The lowest BCUT2D eigenvalue weighted by Crippen LogP contribution is -2.31. The molecule has 0 amide bonds. The first-order valence-electron chi connectivity index (χ1n) is 6.54. The third-order valence-corrected chi connectivity index (χ3v) is 3.58. The van der Waals surface area contributed by atoms with Crippen LogP contribution in [0.25, 0.3) is 11.3 Å². The molecule has 0 fully saturated rings. The molecule has 0 bridgehead atoms.